The minimum Gasteiger partial charge on any atom is -0.490 e. The third-order valence-electron chi connectivity index (χ3n) is 3.45. The summed E-state index contributed by atoms with van der Waals surface area (Å²) in [6.45, 7) is 4.68. The Morgan fingerprint density at radius 2 is 1.73 bits per heavy atom. The molecule has 0 saturated carbocycles. The Balaban J connectivity index is 1.94. The molecule has 3 heteroatoms. The molecule has 2 aromatic rings. The summed E-state index contributed by atoms with van der Waals surface area (Å²) in [7, 11) is 0. The Morgan fingerprint density at radius 1 is 1.00 bits per heavy atom. The van der Waals surface area contributed by atoms with Gasteiger partial charge >= 0.3 is 0 Å². The van der Waals surface area contributed by atoms with Crippen molar-refractivity contribution in [1.29, 1.82) is 0 Å². The highest BCUT2D eigenvalue weighted by molar-refractivity contribution is 5.33. The average Bonchev–Trinajstić information content (AvgIpc) is 2.53. The molecule has 0 radical (unpaired) electrons. The quantitative estimate of drug-likeness (QED) is 0.796. The van der Waals surface area contributed by atoms with Crippen LogP contribution in [0.2, 0.25) is 0 Å². The molecule has 22 heavy (non-hydrogen) atoms. The van der Waals surface area contributed by atoms with Crippen molar-refractivity contribution in [2.45, 2.75) is 45.4 Å². The number of hydrogen-bond donors (Lipinski definition) is 1. The highest BCUT2D eigenvalue weighted by Gasteiger charge is 2.11. The topological polar surface area (TPSA) is 44.5 Å². The molecule has 0 aliphatic heterocycles. The predicted octanol–water partition coefficient (Wildman–Crippen LogP) is 4.16. The summed E-state index contributed by atoms with van der Waals surface area (Å²) in [5.41, 5.74) is 7.01. The summed E-state index contributed by atoms with van der Waals surface area (Å²) in [6, 6.07) is 18.1. The van der Waals surface area contributed by atoms with Crippen molar-refractivity contribution in [1.82, 2.24) is 0 Å². The molecule has 2 rings (SSSR count). The van der Waals surface area contributed by atoms with Gasteiger partial charge < -0.3 is 15.2 Å². The van der Waals surface area contributed by atoms with Gasteiger partial charge in [0, 0.05) is 12.1 Å². The number of rotatable bonds is 8. The standard InChI is InChI=1S/C19H25NO2/c1-3-17(12-15(2)20)22-19-11-7-10-18(13-19)21-14-16-8-5-4-6-9-16/h4-11,13,15,17H,3,12,14,20H2,1-2H3/t15-,17-/m0/s1. The first kappa shape index (κ1) is 16.4. The van der Waals surface area contributed by atoms with Crippen LogP contribution in [0, 0.1) is 0 Å². The van der Waals surface area contributed by atoms with E-state index in [2.05, 4.69) is 19.1 Å². The van der Waals surface area contributed by atoms with Gasteiger partial charge in [0.2, 0.25) is 0 Å². The second-order valence-corrected chi connectivity index (χ2v) is 5.61. The molecule has 0 saturated heterocycles. The Morgan fingerprint density at radius 3 is 2.41 bits per heavy atom. The predicted molar refractivity (Wildman–Crippen MR) is 90.2 cm³/mol. The highest BCUT2D eigenvalue weighted by atomic mass is 16.5. The van der Waals surface area contributed by atoms with E-state index in [9.17, 15) is 0 Å². The molecule has 0 bridgehead atoms. The Bertz CT molecular complexity index is 554. The van der Waals surface area contributed by atoms with Crippen LogP contribution in [0.3, 0.4) is 0 Å². The van der Waals surface area contributed by atoms with Crippen LogP contribution in [0.15, 0.2) is 54.6 Å². The van der Waals surface area contributed by atoms with Crippen molar-refractivity contribution >= 4 is 0 Å². The Kier molecular flexibility index (Phi) is 6.28. The summed E-state index contributed by atoms with van der Waals surface area (Å²) in [5.74, 6) is 1.65. The molecule has 118 valence electrons. The molecule has 2 atom stereocenters. The van der Waals surface area contributed by atoms with E-state index in [1.165, 1.54) is 0 Å². The Hall–Kier alpha value is -2.00. The van der Waals surface area contributed by atoms with Gasteiger partial charge in [-0.2, -0.15) is 0 Å². The normalized spacial score (nSPS) is 13.4. The summed E-state index contributed by atoms with van der Waals surface area (Å²) < 4.78 is 11.8. The lowest BCUT2D eigenvalue weighted by Crippen LogP contribution is -2.26. The summed E-state index contributed by atoms with van der Waals surface area (Å²) in [5, 5.41) is 0. The van der Waals surface area contributed by atoms with E-state index in [-0.39, 0.29) is 12.1 Å². The minimum absolute atomic E-state index is 0.141. The summed E-state index contributed by atoms with van der Waals surface area (Å²) in [6.07, 6.45) is 1.94. The lowest BCUT2D eigenvalue weighted by Gasteiger charge is -2.19. The molecule has 0 spiro atoms. The molecule has 0 aromatic heterocycles. The Labute approximate surface area is 133 Å². The zero-order valence-electron chi connectivity index (χ0n) is 13.4. The molecule has 3 nitrogen and oxygen atoms in total. The number of ether oxygens (including phenoxy) is 2. The van der Waals surface area contributed by atoms with Gasteiger partial charge in [0.1, 0.15) is 18.1 Å². The molecule has 0 amide bonds. The first-order valence-electron chi connectivity index (χ1n) is 7.86. The second-order valence-electron chi connectivity index (χ2n) is 5.61. The minimum atomic E-state index is 0.141. The first-order valence-corrected chi connectivity index (χ1v) is 7.86. The molecule has 2 N–H and O–H groups in total. The third kappa shape index (κ3) is 5.41. The van der Waals surface area contributed by atoms with Crippen molar-refractivity contribution in [3.63, 3.8) is 0 Å². The van der Waals surface area contributed by atoms with Crippen LogP contribution in [0.1, 0.15) is 32.3 Å². The maximum absolute atomic E-state index is 6.01. The van der Waals surface area contributed by atoms with E-state index in [4.69, 9.17) is 15.2 Å². The summed E-state index contributed by atoms with van der Waals surface area (Å²) in [4.78, 5) is 0. The van der Waals surface area contributed by atoms with Gasteiger partial charge in [-0.05, 0) is 37.5 Å². The lowest BCUT2D eigenvalue weighted by molar-refractivity contribution is 0.178. The fourth-order valence-corrected chi connectivity index (χ4v) is 2.28. The summed E-state index contributed by atoms with van der Waals surface area (Å²) >= 11 is 0. The van der Waals surface area contributed by atoms with Crippen molar-refractivity contribution in [3.8, 4) is 11.5 Å². The van der Waals surface area contributed by atoms with E-state index < -0.39 is 0 Å². The van der Waals surface area contributed by atoms with Gasteiger partial charge in [0.15, 0.2) is 0 Å². The molecule has 2 aromatic carbocycles. The van der Waals surface area contributed by atoms with Gasteiger partial charge in [-0.15, -0.1) is 0 Å². The molecular weight excluding hydrogens is 274 g/mol. The number of nitrogens with two attached hydrogens (primary N) is 1. The number of benzene rings is 2. The van der Waals surface area contributed by atoms with Crippen molar-refractivity contribution < 1.29 is 9.47 Å². The number of hydrogen-bond acceptors (Lipinski definition) is 3. The fraction of sp³-hybridized carbons (Fsp3) is 0.368. The SMILES string of the molecule is CC[C@@H](C[C@H](C)N)Oc1cccc(OCc2ccccc2)c1. The van der Waals surface area contributed by atoms with Gasteiger partial charge in [-0.1, -0.05) is 43.3 Å². The van der Waals surface area contributed by atoms with Crippen molar-refractivity contribution in [2.75, 3.05) is 0 Å². The van der Waals surface area contributed by atoms with Crippen molar-refractivity contribution in [2.24, 2.45) is 5.73 Å². The maximum atomic E-state index is 6.01. The van der Waals surface area contributed by atoms with Crippen LogP contribution in [-0.2, 0) is 6.61 Å². The smallest absolute Gasteiger partial charge is 0.123 e. The zero-order valence-corrected chi connectivity index (χ0v) is 13.4. The maximum Gasteiger partial charge on any atom is 0.123 e. The molecule has 0 fully saturated rings. The van der Waals surface area contributed by atoms with Crippen LogP contribution in [0.5, 0.6) is 11.5 Å². The average molecular weight is 299 g/mol. The monoisotopic (exact) mass is 299 g/mol. The molecule has 0 heterocycles. The van der Waals surface area contributed by atoms with Gasteiger partial charge in [-0.25, -0.2) is 0 Å². The van der Waals surface area contributed by atoms with Crippen LogP contribution >= 0.6 is 0 Å². The van der Waals surface area contributed by atoms with E-state index >= 15 is 0 Å². The van der Waals surface area contributed by atoms with E-state index in [0.717, 1.165) is 29.9 Å². The van der Waals surface area contributed by atoms with E-state index in [0.29, 0.717) is 6.61 Å². The first-order chi connectivity index (χ1) is 10.7. The fourth-order valence-electron chi connectivity index (χ4n) is 2.28. The second kappa shape index (κ2) is 8.44. The van der Waals surface area contributed by atoms with Crippen LogP contribution < -0.4 is 15.2 Å². The van der Waals surface area contributed by atoms with Crippen LogP contribution in [-0.4, -0.2) is 12.1 Å². The van der Waals surface area contributed by atoms with Gasteiger partial charge in [0.05, 0.1) is 6.10 Å². The zero-order chi connectivity index (χ0) is 15.8. The molecule has 0 aliphatic rings. The molecule has 0 aliphatic carbocycles. The third-order valence-corrected chi connectivity index (χ3v) is 3.45. The molecular formula is C19H25NO2. The lowest BCUT2D eigenvalue weighted by atomic mass is 10.1. The van der Waals surface area contributed by atoms with Gasteiger partial charge in [0.25, 0.3) is 0 Å². The highest BCUT2D eigenvalue weighted by Crippen LogP contribution is 2.23. The molecule has 0 unspecified atom stereocenters. The van der Waals surface area contributed by atoms with Crippen LogP contribution in [0.25, 0.3) is 0 Å². The van der Waals surface area contributed by atoms with Crippen molar-refractivity contribution in [3.05, 3.63) is 60.2 Å². The van der Waals surface area contributed by atoms with Crippen LogP contribution in [0.4, 0.5) is 0 Å². The largest absolute Gasteiger partial charge is 0.490 e. The van der Waals surface area contributed by atoms with E-state index in [1.807, 2.05) is 49.4 Å². The van der Waals surface area contributed by atoms with Gasteiger partial charge in [-0.3, -0.25) is 0 Å². The van der Waals surface area contributed by atoms with E-state index in [1.54, 1.807) is 0 Å².